The highest BCUT2D eigenvalue weighted by molar-refractivity contribution is 7.12. The lowest BCUT2D eigenvalue weighted by atomic mass is 10.3. The fourth-order valence-electron chi connectivity index (χ4n) is 1.35. The summed E-state index contributed by atoms with van der Waals surface area (Å²) >= 11 is 7.72. The molecule has 1 N–H and O–H groups in total. The highest BCUT2D eigenvalue weighted by Gasteiger charge is 2.27. The number of nitrogens with one attached hydrogen (secondary N) is 1. The second-order valence-electron chi connectivity index (χ2n) is 3.80. The van der Waals surface area contributed by atoms with Gasteiger partial charge in [0.25, 0.3) is 0 Å². The third kappa shape index (κ3) is 2.73. The summed E-state index contributed by atoms with van der Waals surface area (Å²) in [6.45, 7) is 2.10. The summed E-state index contributed by atoms with van der Waals surface area (Å²) in [5.41, 5.74) is 0. The van der Waals surface area contributed by atoms with Gasteiger partial charge >= 0.3 is 0 Å². The van der Waals surface area contributed by atoms with Crippen LogP contribution in [-0.4, -0.2) is 11.9 Å². The van der Waals surface area contributed by atoms with Crippen molar-refractivity contribution in [3.8, 4) is 0 Å². The lowest BCUT2D eigenvalue weighted by Crippen LogP contribution is -2.28. The third-order valence-corrected chi connectivity index (χ3v) is 4.29. The summed E-state index contributed by atoms with van der Waals surface area (Å²) < 4.78 is 0. The van der Waals surface area contributed by atoms with Crippen LogP contribution in [-0.2, 0) is 11.2 Å². The van der Waals surface area contributed by atoms with Crippen LogP contribution < -0.4 is 5.32 Å². The Morgan fingerprint density at radius 2 is 2.40 bits per heavy atom. The Bertz CT molecular complexity index is 359. The standard InChI is InChI=1S/C11H14ClNOS/c1-2-8-5-6-9(15-8)10(12)11(14)13-7-3-4-7/h5-7,10H,2-4H2,1H3,(H,13,14). The molecule has 1 saturated carbocycles. The van der Waals surface area contributed by atoms with E-state index in [0.29, 0.717) is 6.04 Å². The number of carbonyl (C=O) groups excluding carboxylic acids is 1. The van der Waals surface area contributed by atoms with E-state index in [1.165, 1.54) is 4.88 Å². The number of amides is 1. The number of carbonyl (C=O) groups is 1. The van der Waals surface area contributed by atoms with Gasteiger partial charge in [-0.25, -0.2) is 0 Å². The molecular formula is C11H14ClNOS. The van der Waals surface area contributed by atoms with Gasteiger partial charge in [-0.15, -0.1) is 22.9 Å². The maximum Gasteiger partial charge on any atom is 0.243 e. The molecule has 0 spiro atoms. The first-order valence-corrected chi connectivity index (χ1v) is 6.49. The van der Waals surface area contributed by atoms with E-state index in [1.54, 1.807) is 11.3 Å². The van der Waals surface area contributed by atoms with Gasteiger partial charge in [-0.1, -0.05) is 6.92 Å². The molecule has 0 radical (unpaired) electrons. The molecule has 1 atom stereocenters. The van der Waals surface area contributed by atoms with Crippen molar-refractivity contribution in [3.05, 3.63) is 21.9 Å². The van der Waals surface area contributed by atoms with Gasteiger partial charge in [0.15, 0.2) is 0 Å². The second-order valence-corrected chi connectivity index (χ2v) is 5.44. The molecule has 1 aromatic heterocycles. The number of aryl methyl sites for hydroxylation is 1. The van der Waals surface area contributed by atoms with Gasteiger partial charge in [0, 0.05) is 15.8 Å². The molecule has 2 nitrogen and oxygen atoms in total. The van der Waals surface area contributed by atoms with Crippen molar-refractivity contribution < 1.29 is 4.79 Å². The maximum atomic E-state index is 11.7. The highest BCUT2D eigenvalue weighted by Crippen LogP contribution is 2.29. The van der Waals surface area contributed by atoms with Crippen molar-refractivity contribution in [3.63, 3.8) is 0 Å². The van der Waals surface area contributed by atoms with Gasteiger partial charge in [0.1, 0.15) is 5.38 Å². The van der Waals surface area contributed by atoms with Crippen LogP contribution in [0.15, 0.2) is 12.1 Å². The average molecular weight is 244 g/mol. The monoisotopic (exact) mass is 243 g/mol. The molecule has 2 rings (SSSR count). The summed E-state index contributed by atoms with van der Waals surface area (Å²) in [5.74, 6) is -0.0522. The van der Waals surface area contributed by atoms with Gasteiger partial charge in [0.05, 0.1) is 0 Å². The maximum absolute atomic E-state index is 11.7. The smallest absolute Gasteiger partial charge is 0.243 e. The first-order chi connectivity index (χ1) is 7.20. The van der Waals surface area contributed by atoms with E-state index in [9.17, 15) is 4.79 Å². The molecule has 0 aliphatic heterocycles. The minimum absolute atomic E-state index is 0.0522. The lowest BCUT2D eigenvalue weighted by molar-refractivity contribution is -0.120. The van der Waals surface area contributed by atoms with Gasteiger partial charge in [-0.05, 0) is 31.4 Å². The molecule has 1 unspecified atom stereocenters. The number of halogens is 1. The van der Waals surface area contributed by atoms with E-state index in [2.05, 4.69) is 12.2 Å². The van der Waals surface area contributed by atoms with Crippen molar-refractivity contribution in [2.45, 2.75) is 37.6 Å². The minimum Gasteiger partial charge on any atom is -0.352 e. The fraction of sp³-hybridized carbons (Fsp3) is 0.545. The Hall–Kier alpha value is -0.540. The second kappa shape index (κ2) is 4.54. The lowest BCUT2D eigenvalue weighted by Gasteiger charge is -2.07. The summed E-state index contributed by atoms with van der Waals surface area (Å²) in [5, 5.41) is 2.40. The number of thiophene rings is 1. The average Bonchev–Trinajstić information content (AvgIpc) is 2.92. The molecule has 0 aromatic carbocycles. The van der Waals surface area contributed by atoms with Crippen molar-refractivity contribution in [2.75, 3.05) is 0 Å². The number of rotatable bonds is 4. The summed E-state index contributed by atoms with van der Waals surface area (Å²) in [7, 11) is 0. The van der Waals surface area contributed by atoms with Gasteiger partial charge in [-0.3, -0.25) is 4.79 Å². The molecule has 1 aliphatic carbocycles. The number of hydrogen-bond donors (Lipinski definition) is 1. The molecular weight excluding hydrogens is 230 g/mol. The van der Waals surface area contributed by atoms with Crippen LogP contribution in [0.2, 0.25) is 0 Å². The van der Waals surface area contributed by atoms with Gasteiger partial charge in [-0.2, -0.15) is 0 Å². The molecule has 1 fully saturated rings. The molecule has 4 heteroatoms. The van der Waals surface area contributed by atoms with Gasteiger partial charge in [0.2, 0.25) is 5.91 Å². The molecule has 1 aliphatic rings. The largest absolute Gasteiger partial charge is 0.352 e. The molecule has 0 bridgehead atoms. The van der Waals surface area contributed by atoms with Crippen molar-refractivity contribution in [2.24, 2.45) is 0 Å². The van der Waals surface area contributed by atoms with Crippen LogP contribution in [0.3, 0.4) is 0 Å². The molecule has 82 valence electrons. The summed E-state index contributed by atoms with van der Waals surface area (Å²) in [4.78, 5) is 13.9. The van der Waals surface area contributed by atoms with Crippen molar-refractivity contribution in [1.29, 1.82) is 0 Å². The predicted molar refractivity (Wildman–Crippen MR) is 63.5 cm³/mol. The topological polar surface area (TPSA) is 29.1 Å². The molecule has 1 aromatic rings. The van der Waals surface area contributed by atoms with Crippen LogP contribution in [0.5, 0.6) is 0 Å². The SMILES string of the molecule is CCc1ccc(C(Cl)C(=O)NC2CC2)s1. The number of alkyl halides is 1. The normalized spacial score (nSPS) is 17.5. The Kier molecular flexibility index (Phi) is 3.32. The van der Waals surface area contributed by atoms with Crippen molar-refractivity contribution in [1.82, 2.24) is 5.32 Å². The van der Waals surface area contributed by atoms with Gasteiger partial charge < -0.3 is 5.32 Å². The molecule has 1 heterocycles. The zero-order valence-corrected chi connectivity index (χ0v) is 10.2. The highest BCUT2D eigenvalue weighted by atomic mass is 35.5. The summed E-state index contributed by atoms with van der Waals surface area (Å²) in [6.07, 6.45) is 3.19. The van der Waals surface area contributed by atoms with Crippen LogP contribution in [0.1, 0.15) is 34.9 Å². The van der Waals surface area contributed by atoms with E-state index < -0.39 is 5.38 Å². The van der Waals surface area contributed by atoms with Crippen LogP contribution >= 0.6 is 22.9 Å². The molecule has 15 heavy (non-hydrogen) atoms. The van der Waals surface area contributed by atoms with E-state index in [4.69, 9.17) is 11.6 Å². The Balaban J connectivity index is 1.98. The number of hydrogen-bond acceptors (Lipinski definition) is 2. The van der Waals surface area contributed by atoms with Crippen LogP contribution in [0.4, 0.5) is 0 Å². The van der Waals surface area contributed by atoms with E-state index in [1.807, 2.05) is 12.1 Å². The zero-order valence-electron chi connectivity index (χ0n) is 8.63. The molecule has 0 saturated heterocycles. The zero-order chi connectivity index (χ0) is 10.8. The first kappa shape index (κ1) is 11.0. The van der Waals surface area contributed by atoms with E-state index in [0.717, 1.165) is 24.1 Å². The van der Waals surface area contributed by atoms with E-state index in [-0.39, 0.29) is 5.91 Å². The van der Waals surface area contributed by atoms with Crippen LogP contribution in [0, 0.1) is 0 Å². The van der Waals surface area contributed by atoms with Crippen molar-refractivity contribution >= 4 is 28.8 Å². The first-order valence-electron chi connectivity index (χ1n) is 5.23. The van der Waals surface area contributed by atoms with Crippen LogP contribution in [0.25, 0.3) is 0 Å². The Labute approximate surface area is 98.6 Å². The summed E-state index contributed by atoms with van der Waals surface area (Å²) in [6, 6.07) is 4.37. The quantitative estimate of drug-likeness (QED) is 0.810. The predicted octanol–water partition coefficient (Wildman–Crippen LogP) is 2.87. The Morgan fingerprint density at radius 3 is 2.93 bits per heavy atom. The minimum atomic E-state index is -0.518. The molecule has 1 amide bonds. The third-order valence-electron chi connectivity index (χ3n) is 2.43. The van der Waals surface area contributed by atoms with E-state index >= 15 is 0 Å². The Morgan fingerprint density at radius 1 is 1.67 bits per heavy atom. The fourth-order valence-corrected chi connectivity index (χ4v) is 2.55.